The monoisotopic (exact) mass is 428 g/mol. The Labute approximate surface area is 185 Å². The number of aryl methyl sites for hydroxylation is 2. The number of fused-ring (bicyclic) bond motifs is 1. The number of aliphatic hydroxyl groups is 1. The van der Waals surface area contributed by atoms with Crippen molar-refractivity contribution in [3.05, 3.63) is 83.4 Å². The van der Waals surface area contributed by atoms with Gasteiger partial charge in [-0.25, -0.2) is 0 Å². The van der Waals surface area contributed by atoms with E-state index in [1.165, 1.54) is 12.8 Å². The van der Waals surface area contributed by atoms with Crippen LogP contribution in [0.25, 0.3) is 11.1 Å². The second kappa shape index (κ2) is 6.97. The van der Waals surface area contributed by atoms with Crippen molar-refractivity contribution >= 4 is 11.4 Å². The molecule has 0 bridgehead atoms. The summed E-state index contributed by atoms with van der Waals surface area (Å²) in [5, 5.41) is 23.7. The predicted octanol–water partition coefficient (Wildman–Crippen LogP) is 4.80. The smallest absolute Gasteiger partial charge is 0.192 e. The maximum Gasteiger partial charge on any atom is 0.192 e. The molecule has 3 aromatic heterocycles. The number of pyridine rings is 1. The van der Waals surface area contributed by atoms with Crippen molar-refractivity contribution in [2.45, 2.75) is 38.5 Å². The number of benzene rings is 1. The molecule has 7 nitrogen and oxygen atoms in total. The normalized spacial score (nSPS) is 19.2. The van der Waals surface area contributed by atoms with Crippen LogP contribution in [0.1, 0.15) is 41.3 Å². The minimum Gasteiger partial charge on any atom is -0.465 e. The molecule has 6 rings (SSSR count). The van der Waals surface area contributed by atoms with Crippen molar-refractivity contribution in [3.63, 3.8) is 0 Å². The van der Waals surface area contributed by atoms with Gasteiger partial charge in [0.1, 0.15) is 11.5 Å². The molecule has 1 fully saturated rings. The summed E-state index contributed by atoms with van der Waals surface area (Å²) in [4.78, 5) is 4.51. The first-order valence-corrected chi connectivity index (χ1v) is 10.9. The third-order valence-electron chi connectivity index (χ3n) is 6.47. The van der Waals surface area contributed by atoms with Crippen molar-refractivity contribution in [2.75, 3.05) is 10.6 Å². The summed E-state index contributed by atoms with van der Waals surface area (Å²) in [5.41, 5.74) is 4.03. The molecule has 4 heterocycles. The summed E-state index contributed by atoms with van der Waals surface area (Å²) in [5.74, 6) is 1.72. The minimum atomic E-state index is -1.59. The second-order valence-corrected chi connectivity index (χ2v) is 8.65. The Balaban J connectivity index is 1.62. The van der Waals surface area contributed by atoms with E-state index in [4.69, 9.17) is 8.94 Å². The summed E-state index contributed by atoms with van der Waals surface area (Å²) in [7, 11) is 0. The number of furan rings is 1. The van der Waals surface area contributed by atoms with Gasteiger partial charge in [-0.15, -0.1) is 0 Å². The van der Waals surface area contributed by atoms with E-state index in [1.54, 1.807) is 24.6 Å². The van der Waals surface area contributed by atoms with E-state index in [9.17, 15) is 5.11 Å². The number of hydrogen-bond donors (Lipinski definition) is 3. The molecule has 1 aromatic carbocycles. The van der Waals surface area contributed by atoms with Gasteiger partial charge in [-0.05, 0) is 74.6 Å². The molecule has 0 spiro atoms. The Morgan fingerprint density at radius 1 is 1.09 bits per heavy atom. The highest BCUT2D eigenvalue weighted by Crippen LogP contribution is 2.49. The Kier molecular flexibility index (Phi) is 4.16. The van der Waals surface area contributed by atoms with Gasteiger partial charge in [-0.2, -0.15) is 0 Å². The van der Waals surface area contributed by atoms with Gasteiger partial charge in [0.25, 0.3) is 0 Å². The van der Waals surface area contributed by atoms with Crippen LogP contribution in [0, 0.1) is 19.8 Å². The molecule has 3 N–H and O–H groups in total. The number of anilines is 2. The van der Waals surface area contributed by atoms with E-state index in [0.29, 0.717) is 22.9 Å². The van der Waals surface area contributed by atoms with Gasteiger partial charge in [-0.3, -0.25) is 4.98 Å². The third-order valence-corrected chi connectivity index (χ3v) is 6.47. The van der Waals surface area contributed by atoms with E-state index in [-0.39, 0.29) is 6.17 Å². The van der Waals surface area contributed by atoms with Crippen LogP contribution in [0.4, 0.5) is 11.4 Å². The zero-order valence-electron chi connectivity index (χ0n) is 17.9. The van der Waals surface area contributed by atoms with Gasteiger partial charge in [0.15, 0.2) is 5.60 Å². The van der Waals surface area contributed by atoms with E-state index in [1.807, 2.05) is 38.1 Å². The average molecular weight is 428 g/mol. The molecule has 0 amide bonds. The third kappa shape index (κ3) is 2.85. The van der Waals surface area contributed by atoms with E-state index in [0.717, 1.165) is 34.0 Å². The zero-order valence-corrected chi connectivity index (χ0v) is 17.9. The summed E-state index contributed by atoms with van der Waals surface area (Å²) in [6, 6.07) is 13.2. The fourth-order valence-corrected chi connectivity index (χ4v) is 4.72. The number of nitrogens with one attached hydrogen (secondary N) is 2. The van der Waals surface area contributed by atoms with Crippen LogP contribution in [0.15, 0.2) is 63.9 Å². The standard InChI is InChI=1S/C25H24N4O3/c1-14-22(15(2)32-29-14)17-12-18(23-19(13-17)27-24(28-23)16-8-9-16)25(30,21-7-5-11-31-21)20-6-3-4-10-26-20/h3-7,10-13,16,24,27-28,30H,8-9H2,1-2H3. The van der Waals surface area contributed by atoms with Gasteiger partial charge in [0.05, 0.1) is 35.2 Å². The molecule has 2 aliphatic rings. The molecule has 1 aliphatic heterocycles. The van der Waals surface area contributed by atoms with Crippen molar-refractivity contribution in [3.8, 4) is 11.1 Å². The lowest BCUT2D eigenvalue weighted by Gasteiger charge is -2.28. The Morgan fingerprint density at radius 2 is 1.97 bits per heavy atom. The maximum absolute atomic E-state index is 12.3. The number of aromatic nitrogens is 2. The largest absolute Gasteiger partial charge is 0.465 e. The molecule has 32 heavy (non-hydrogen) atoms. The molecular formula is C25H24N4O3. The SMILES string of the molecule is Cc1noc(C)c1-c1cc2c(c(C(O)(c3ccccn3)c3ccco3)c1)NC(C1CC1)N2. The highest BCUT2D eigenvalue weighted by molar-refractivity contribution is 5.86. The number of rotatable bonds is 5. The molecule has 1 aliphatic carbocycles. The molecular weight excluding hydrogens is 404 g/mol. The number of nitrogens with zero attached hydrogens (tertiary/aromatic N) is 2. The predicted molar refractivity (Wildman–Crippen MR) is 120 cm³/mol. The van der Waals surface area contributed by atoms with Gasteiger partial charge < -0.3 is 24.7 Å². The number of hydrogen-bond acceptors (Lipinski definition) is 7. The summed E-state index contributed by atoms with van der Waals surface area (Å²) < 4.78 is 11.2. The summed E-state index contributed by atoms with van der Waals surface area (Å²) in [6.07, 6.45) is 5.76. The average Bonchev–Trinajstić information content (AvgIpc) is 3.19. The van der Waals surface area contributed by atoms with Crippen LogP contribution >= 0.6 is 0 Å². The van der Waals surface area contributed by atoms with Gasteiger partial charge >= 0.3 is 0 Å². The Bertz CT molecular complexity index is 1260. The lowest BCUT2D eigenvalue weighted by Crippen LogP contribution is -2.31. The van der Waals surface area contributed by atoms with Gasteiger partial charge in [0, 0.05) is 17.3 Å². The quantitative estimate of drug-likeness (QED) is 0.420. The van der Waals surface area contributed by atoms with Crippen LogP contribution in [0.5, 0.6) is 0 Å². The van der Waals surface area contributed by atoms with E-state index in [2.05, 4.69) is 26.8 Å². The topological polar surface area (TPSA) is 96.4 Å². The lowest BCUT2D eigenvalue weighted by molar-refractivity contribution is 0.0953. The maximum atomic E-state index is 12.3. The van der Waals surface area contributed by atoms with Crippen molar-refractivity contribution in [1.82, 2.24) is 10.1 Å². The molecule has 2 atom stereocenters. The van der Waals surface area contributed by atoms with Crippen molar-refractivity contribution in [1.29, 1.82) is 0 Å². The van der Waals surface area contributed by atoms with Crippen LogP contribution in [0.3, 0.4) is 0 Å². The first kappa shape index (κ1) is 19.1. The highest BCUT2D eigenvalue weighted by Gasteiger charge is 2.44. The zero-order chi connectivity index (χ0) is 21.9. The lowest BCUT2D eigenvalue weighted by atomic mass is 9.84. The summed E-state index contributed by atoms with van der Waals surface area (Å²) >= 11 is 0. The van der Waals surface area contributed by atoms with Gasteiger partial charge in [0.2, 0.25) is 0 Å². The van der Waals surface area contributed by atoms with Crippen molar-refractivity contribution in [2.24, 2.45) is 5.92 Å². The van der Waals surface area contributed by atoms with Crippen LogP contribution in [0.2, 0.25) is 0 Å². The fourth-order valence-electron chi connectivity index (χ4n) is 4.72. The van der Waals surface area contributed by atoms with Crippen molar-refractivity contribution < 1.29 is 14.0 Å². The Hall–Kier alpha value is -3.58. The highest BCUT2D eigenvalue weighted by atomic mass is 16.5. The molecule has 0 radical (unpaired) electrons. The molecule has 7 heteroatoms. The summed E-state index contributed by atoms with van der Waals surface area (Å²) in [6.45, 7) is 3.83. The van der Waals surface area contributed by atoms with E-state index >= 15 is 0 Å². The Morgan fingerprint density at radius 3 is 2.62 bits per heavy atom. The molecule has 0 saturated heterocycles. The fraction of sp³-hybridized carbons (Fsp3) is 0.280. The van der Waals surface area contributed by atoms with E-state index < -0.39 is 5.60 Å². The molecule has 4 aromatic rings. The second-order valence-electron chi connectivity index (χ2n) is 8.65. The molecule has 2 unspecified atom stereocenters. The van der Waals surface area contributed by atoms with Gasteiger partial charge in [-0.1, -0.05) is 11.2 Å². The minimum absolute atomic E-state index is 0.133. The molecule has 1 saturated carbocycles. The van der Waals surface area contributed by atoms with Crippen LogP contribution in [-0.2, 0) is 5.60 Å². The van der Waals surface area contributed by atoms with Crippen LogP contribution in [-0.4, -0.2) is 21.4 Å². The van der Waals surface area contributed by atoms with Crippen LogP contribution < -0.4 is 10.6 Å². The first-order chi connectivity index (χ1) is 15.6. The molecule has 162 valence electrons. The first-order valence-electron chi connectivity index (χ1n) is 10.9.